The maximum absolute atomic E-state index is 12.5. The third kappa shape index (κ3) is 6.23. The third-order valence-corrected chi connectivity index (χ3v) is 4.06. The smallest absolute Gasteiger partial charge is 0.409 e. The average molecular weight is 376 g/mol. The van der Waals surface area contributed by atoms with Crippen LogP contribution >= 0.6 is 0 Å². The Morgan fingerprint density at radius 3 is 2.30 bits per heavy atom. The molecule has 2 N–H and O–H groups in total. The molecule has 1 saturated heterocycles. The summed E-state index contributed by atoms with van der Waals surface area (Å²) in [6.45, 7) is 8.82. The zero-order valence-corrected chi connectivity index (χ0v) is 16.4. The molecule has 1 fully saturated rings. The van der Waals surface area contributed by atoms with Crippen molar-refractivity contribution >= 4 is 17.9 Å². The van der Waals surface area contributed by atoms with Gasteiger partial charge in [0.15, 0.2) is 0 Å². The number of carbonyl (C=O) groups excluding carboxylic acids is 3. The van der Waals surface area contributed by atoms with Gasteiger partial charge in [0.1, 0.15) is 11.4 Å². The van der Waals surface area contributed by atoms with Crippen LogP contribution < -0.4 is 10.6 Å². The zero-order valence-electron chi connectivity index (χ0n) is 16.4. The largest absolute Gasteiger partial charge is 0.450 e. The summed E-state index contributed by atoms with van der Waals surface area (Å²) in [5.41, 5.74) is 0.0169. The van der Waals surface area contributed by atoms with Crippen LogP contribution in [0, 0.1) is 0 Å². The van der Waals surface area contributed by atoms with Crippen molar-refractivity contribution in [3.63, 3.8) is 0 Å². The molecule has 1 aromatic heterocycles. The first-order chi connectivity index (χ1) is 12.7. The van der Waals surface area contributed by atoms with Gasteiger partial charge in [-0.2, -0.15) is 0 Å². The van der Waals surface area contributed by atoms with Gasteiger partial charge in [-0.25, -0.2) is 9.78 Å². The number of nitrogens with zero attached hydrogens (tertiary/aromatic N) is 2. The SMILES string of the molecule is CCOC(=O)N1CCC(NC(=O)c2cccc(C(=O)NC(C)(C)C)n2)CC1. The van der Waals surface area contributed by atoms with Crippen molar-refractivity contribution in [3.8, 4) is 0 Å². The van der Waals surface area contributed by atoms with Gasteiger partial charge in [0.05, 0.1) is 6.61 Å². The standard InChI is InChI=1S/C19H28N4O4/c1-5-27-18(26)23-11-9-13(10-12-23)20-16(24)14-7-6-8-15(21-14)17(25)22-19(2,3)4/h6-8,13H,5,9-12H2,1-4H3,(H,20,24)(H,22,25). The highest BCUT2D eigenvalue weighted by Crippen LogP contribution is 2.12. The van der Waals surface area contributed by atoms with Gasteiger partial charge in [0.25, 0.3) is 11.8 Å². The lowest BCUT2D eigenvalue weighted by molar-refractivity contribution is 0.0856. The molecule has 0 aliphatic carbocycles. The van der Waals surface area contributed by atoms with E-state index in [2.05, 4.69) is 15.6 Å². The van der Waals surface area contributed by atoms with Crippen molar-refractivity contribution in [2.75, 3.05) is 19.7 Å². The number of rotatable bonds is 4. The number of amides is 3. The van der Waals surface area contributed by atoms with Gasteiger partial charge in [-0.15, -0.1) is 0 Å². The van der Waals surface area contributed by atoms with Crippen LogP contribution in [0.5, 0.6) is 0 Å². The molecular weight excluding hydrogens is 348 g/mol. The van der Waals surface area contributed by atoms with E-state index in [0.29, 0.717) is 32.5 Å². The zero-order chi connectivity index (χ0) is 20.0. The van der Waals surface area contributed by atoms with E-state index in [4.69, 9.17) is 4.74 Å². The predicted octanol–water partition coefficient (Wildman–Crippen LogP) is 1.96. The van der Waals surface area contributed by atoms with E-state index in [-0.39, 0.29) is 40.9 Å². The van der Waals surface area contributed by atoms with Crippen molar-refractivity contribution in [1.29, 1.82) is 0 Å². The van der Waals surface area contributed by atoms with Crippen LogP contribution in [0.2, 0.25) is 0 Å². The molecule has 0 aromatic carbocycles. The monoisotopic (exact) mass is 376 g/mol. The van der Waals surface area contributed by atoms with Crippen LogP contribution in [0.4, 0.5) is 4.79 Å². The van der Waals surface area contributed by atoms with Crippen LogP contribution in [0.25, 0.3) is 0 Å². The van der Waals surface area contributed by atoms with Crippen LogP contribution in [0.1, 0.15) is 61.5 Å². The number of likely N-dealkylation sites (tertiary alicyclic amines) is 1. The van der Waals surface area contributed by atoms with Crippen LogP contribution in [-0.4, -0.2) is 59.1 Å². The fourth-order valence-electron chi connectivity index (χ4n) is 2.77. The Bertz CT molecular complexity index is 691. The highest BCUT2D eigenvalue weighted by molar-refractivity contribution is 5.96. The molecule has 148 valence electrons. The van der Waals surface area contributed by atoms with Crippen molar-refractivity contribution < 1.29 is 19.1 Å². The molecule has 0 bridgehead atoms. The molecule has 0 spiro atoms. The Labute approximate surface area is 159 Å². The summed E-state index contributed by atoms with van der Waals surface area (Å²) in [6.07, 6.45) is 0.977. The number of nitrogens with one attached hydrogen (secondary N) is 2. The fraction of sp³-hybridized carbons (Fsp3) is 0.579. The highest BCUT2D eigenvalue weighted by Gasteiger charge is 2.25. The number of pyridine rings is 1. The average Bonchev–Trinajstić information content (AvgIpc) is 2.61. The van der Waals surface area contributed by atoms with Crippen LogP contribution in [0.15, 0.2) is 18.2 Å². The molecule has 2 heterocycles. The lowest BCUT2D eigenvalue weighted by atomic mass is 10.1. The maximum Gasteiger partial charge on any atom is 0.409 e. The first-order valence-electron chi connectivity index (χ1n) is 9.21. The highest BCUT2D eigenvalue weighted by atomic mass is 16.6. The minimum Gasteiger partial charge on any atom is -0.450 e. The summed E-state index contributed by atoms with van der Waals surface area (Å²) in [7, 11) is 0. The van der Waals surface area contributed by atoms with Gasteiger partial charge < -0.3 is 20.3 Å². The van der Waals surface area contributed by atoms with E-state index >= 15 is 0 Å². The molecular formula is C19H28N4O4. The maximum atomic E-state index is 12.5. The van der Waals surface area contributed by atoms with Crippen molar-refractivity contribution in [2.45, 2.75) is 52.1 Å². The quantitative estimate of drug-likeness (QED) is 0.837. The normalized spacial score (nSPS) is 15.2. The number of hydrogen-bond donors (Lipinski definition) is 2. The van der Waals surface area contributed by atoms with E-state index in [1.165, 1.54) is 0 Å². The first-order valence-corrected chi connectivity index (χ1v) is 9.21. The lowest BCUT2D eigenvalue weighted by Crippen LogP contribution is -2.47. The molecule has 8 heteroatoms. The first kappa shape index (κ1) is 20.7. The van der Waals surface area contributed by atoms with Gasteiger partial charge in [-0.3, -0.25) is 9.59 Å². The van der Waals surface area contributed by atoms with Gasteiger partial charge in [-0.05, 0) is 52.7 Å². The summed E-state index contributed by atoms with van der Waals surface area (Å²) >= 11 is 0. The Kier molecular flexibility index (Phi) is 6.76. The minimum atomic E-state index is -0.385. The number of hydrogen-bond acceptors (Lipinski definition) is 5. The second-order valence-corrected chi connectivity index (χ2v) is 7.55. The van der Waals surface area contributed by atoms with Gasteiger partial charge in [-0.1, -0.05) is 6.07 Å². The summed E-state index contributed by atoms with van der Waals surface area (Å²) in [5.74, 6) is -0.644. The van der Waals surface area contributed by atoms with E-state index in [1.54, 1.807) is 30.0 Å². The third-order valence-electron chi connectivity index (χ3n) is 4.06. The van der Waals surface area contributed by atoms with Gasteiger partial charge in [0.2, 0.25) is 0 Å². The molecule has 3 amide bonds. The number of piperidine rings is 1. The molecule has 0 radical (unpaired) electrons. The minimum absolute atomic E-state index is 0.0444. The summed E-state index contributed by atoms with van der Waals surface area (Å²) in [6, 6.07) is 4.76. The summed E-state index contributed by atoms with van der Waals surface area (Å²) < 4.78 is 4.99. The van der Waals surface area contributed by atoms with Gasteiger partial charge in [0, 0.05) is 24.7 Å². The number of carbonyl (C=O) groups is 3. The lowest BCUT2D eigenvalue weighted by Gasteiger charge is -2.31. The van der Waals surface area contributed by atoms with Gasteiger partial charge >= 0.3 is 6.09 Å². The Hall–Kier alpha value is -2.64. The van der Waals surface area contributed by atoms with E-state index in [9.17, 15) is 14.4 Å². The predicted molar refractivity (Wildman–Crippen MR) is 101 cm³/mol. The van der Waals surface area contributed by atoms with Crippen LogP contribution in [-0.2, 0) is 4.74 Å². The molecule has 1 aromatic rings. The molecule has 0 atom stereocenters. The summed E-state index contributed by atoms with van der Waals surface area (Å²) in [4.78, 5) is 42.2. The fourth-order valence-corrected chi connectivity index (χ4v) is 2.77. The van der Waals surface area contributed by atoms with E-state index in [0.717, 1.165) is 0 Å². The van der Waals surface area contributed by atoms with Crippen molar-refractivity contribution in [2.24, 2.45) is 0 Å². The van der Waals surface area contributed by atoms with Crippen LogP contribution in [0.3, 0.4) is 0 Å². The Morgan fingerprint density at radius 2 is 1.74 bits per heavy atom. The molecule has 1 aliphatic rings. The second kappa shape index (κ2) is 8.83. The number of aromatic nitrogens is 1. The molecule has 27 heavy (non-hydrogen) atoms. The molecule has 0 unspecified atom stereocenters. The van der Waals surface area contributed by atoms with E-state index in [1.807, 2.05) is 20.8 Å². The molecule has 8 nitrogen and oxygen atoms in total. The Morgan fingerprint density at radius 1 is 1.15 bits per heavy atom. The number of ether oxygens (including phenoxy) is 1. The van der Waals surface area contributed by atoms with Crippen molar-refractivity contribution in [1.82, 2.24) is 20.5 Å². The second-order valence-electron chi connectivity index (χ2n) is 7.55. The summed E-state index contributed by atoms with van der Waals surface area (Å²) in [5, 5.41) is 5.76. The van der Waals surface area contributed by atoms with E-state index < -0.39 is 0 Å². The molecule has 2 rings (SSSR count). The van der Waals surface area contributed by atoms with Crippen molar-refractivity contribution in [3.05, 3.63) is 29.6 Å². The topological polar surface area (TPSA) is 101 Å². The molecule has 1 aliphatic heterocycles. The molecule has 0 saturated carbocycles. The Balaban J connectivity index is 1.92.